The van der Waals surface area contributed by atoms with Gasteiger partial charge in [-0.15, -0.1) is 0 Å². The van der Waals surface area contributed by atoms with Crippen molar-refractivity contribution in [3.8, 4) is 0 Å². The molecule has 0 spiro atoms. The van der Waals surface area contributed by atoms with Crippen LogP contribution in [0.2, 0.25) is 0 Å². The van der Waals surface area contributed by atoms with E-state index >= 15 is 0 Å². The van der Waals surface area contributed by atoms with Gasteiger partial charge in [-0.05, 0) is 12.8 Å². The van der Waals surface area contributed by atoms with Crippen molar-refractivity contribution < 1.29 is 9.53 Å². The van der Waals surface area contributed by atoms with Crippen LogP contribution in [0.25, 0.3) is 0 Å². The molecule has 19 heavy (non-hydrogen) atoms. The fourth-order valence-corrected chi connectivity index (χ4v) is 2.48. The Balaban J connectivity index is 3.46. The number of unbranched alkanes of at least 4 members (excludes halogenated alkanes) is 6. The highest BCUT2D eigenvalue weighted by atomic mass is 79.9. The maximum absolute atomic E-state index is 11.7. The third kappa shape index (κ3) is 12.7. The predicted octanol–water partition coefficient (Wildman–Crippen LogP) is 4.04. The van der Waals surface area contributed by atoms with Gasteiger partial charge in [-0.25, -0.2) is 0 Å². The van der Waals surface area contributed by atoms with Crippen LogP contribution in [0.4, 0.5) is 0 Å². The SMILES string of the molecule is CCCCCCCCCC(=O)NC(CBr)CCOC. The Kier molecular flexibility index (Phi) is 14.3. The summed E-state index contributed by atoms with van der Waals surface area (Å²) in [4.78, 5) is 11.7. The fourth-order valence-electron chi connectivity index (χ4n) is 1.99. The monoisotopic (exact) mass is 335 g/mol. The molecule has 0 saturated carbocycles. The molecule has 0 heterocycles. The summed E-state index contributed by atoms with van der Waals surface area (Å²) in [5.74, 6) is 0.175. The van der Waals surface area contributed by atoms with Crippen molar-refractivity contribution in [2.24, 2.45) is 0 Å². The van der Waals surface area contributed by atoms with Gasteiger partial charge in [0.25, 0.3) is 0 Å². The zero-order valence-corrected chi connectivity index (χ0v) is 14.1. The molecule has 1 amide bonds. The summed E-state index contributed by atoms with van der Waals surface area (Å²) in [6, 6.07) is 0.192. The molecule has 0 aromatic rings. The second kappa shape index (κ2) is 14.3. The molecule has 4 heteroatoms. The molecule has 0 aromatic heterocycles. The number of hydrogen-bond donors (Lipinski definition) is 1. The predicted molar refractivity (Wildman–Crippen MR) is 84.8 cm³/mol. The minimum Gasteiger partial charge on any atom is -0.385 e. The van der Waals surface area contributed by atoms with Crippen LogP contribution in [0.3, 0.4) is 0 Å². The molecular weight excluding hydrogens is 306 g/mol. The van der Waals surface area contributed by atoms with Crippen molar-refractivity contribution in [1.29, 1.82) is 0 Å². The Morgan fingerprint density at radius 2 is 1.79 bits per heavy atom. The molecule has 0 fully saturated rings. The highest BCUT2D eigenvalue weighted by molar-refractivity contribution is 9.09. The van der Waals surface area contributed by atoms with E-state index in [2.05, 4.69) is 28.2 Å². The zero-order chi connectivity index (χ0) is 14.3. The Bertz CT molecular complexity index is 212. The molecule has 0 saturated heterocycles. The molecule has 0 radical (unpaired) electrons. The van der Waals surface area contributed by atoms with E-state index in [0.717, 1.165) is 18.2 Å². The van der Waals surface area contributed by atoms with Gasteiger partial charge in [0.15, 0.2) is 0 Å². The molecule has 3 nitrogen and oxygen atoms in total. The summed E-state index contributed by atoms with van der Waals surface area (Å²) >= 11 is 3.42. The molecule has 0 bridgehead atoms. The van der Waals surface area contributed by atoms with Crippen molar-refractivity contribution >= 4 is 21.8 Å². The summed E-state index contributed by atoms with van der Waals surface area (Å²) in [5, 5.41) is 3.84. The Morgan fingerprint density at radius 1 is 1.16 bits per heavy atom. The Labute approximate surface area is 127 Å². The number of halogens is 1. The van der Waals surface area contributed by atoms with Crippen molar-refractivity contribution in [3.63, 3.8) is 0 Å². The summed E-state index contributed by atoms with van der Waals surface area (Å²) in [6.45, 7) is 2.92. The number of carbonyl (C=O) groups is 1. The second-order valence-corrected chi connectivity index (χ2v) is 5.72. The molecular formula is C15H30BrNO2. The molecule has 0 rings (SSSR count). The number of ether oxygens (including phenoxy) is 1. The first kappa shape index (κ1) is 18.9. The Hall–Kier alpha value is -0.0900. The van der Waals surface area contributed by atoms with Gasteiger partial charge < -0.3 is 10.1 Å². The lowest BCUT2D eigenvalue weighted by Gasteiger charge is -2.15. The van der Waals surface area contributed by atoms with Crippen molar-refractivity contribution in [2.45, 2.75) is 70.8 Å². The van der Waals surface area contributed by atoms with E-state index in [9.17, 15) is 4.79 Å². The first-order valence-electron chi connectivity index (χ1n) is 7.58. The van der Waals surface area contributed by atoms with E-state index in [4.69, 9.17) is 4.74 Å². The lowest BCUT2D eigenvalue weighted by atomic mass is 10.1. The van der Waals surface area contributed by atoms with Crippen molar-refractivity contribution in [1.82, 2.24) is 5.32 Å². The van der Waals surface area contributed by atoms with Crippen LogP contribution >= 0.6 is 15.9 Å². The number of nitrogens with one attached hydrogen (secondary N) is 1. The van der Waals surface area contributed by atoms with E-state index in [1.54, 1.807) is 7.11 Å². The number of amides is 1. The van der Waals surface area contributed by atoms with E-state index in [1.165, 1.54) is 38.5 Å². The highest BCUT2D eigenvalue weighted by Crippen LogP contribution is 2.08. The maximum Gasteiger partial charge on any atom is 0.220 e. The summed E-state index contributed by atoms with van der Waals surface area (Å²) in [7, 11) is 1.69. The largest absolute Gasteiger partial charge is 0.385 e. The van der Waals surface area contributed by atoms with Gasteiger partial charge in [-0.1, -0.05) is 61.4 Å². The fraction of sp³-hybridized carbons (Fsp3) is 0.933. The van der Waals surface area contributed by atoms with Crippen LogP contribution in [0.15, 0.2) is 0 Å². The van der Waals surface area contributed by atoms with Gasteiger partial charge in [-0.2, -0.15) is 0 Å². The highest BCUT2D eigenvalue weighted by Gasteiger charge is 2.10. The van der Waals surface area contributed by atoms with Gasteiger partial charge >= 0.3 is 0 Å². The van der Waals surface area contributed by atoms with E-state index in [-0.39, 0.29) is 11.9 Å². The minimum absolute atomic E-state index is 0.175. The van der Waals surface area contributed by atoms with Gasteiger partial charge in [0.1, 0.15) is 0 Å². The van der Waals surface area contributed by atoms with Crippen LogP contribution in [0.1, 0.15) is 64.7 Å². The molecule has 0 aromatic carbocycles. The third-order valence-corrected chi connectivity index (χ3v) is 4.01. The summed E-state index contributed by atoms with van der Waals surface area (Å²) < 4.78 is 5.03. The van der Waals surface area contributed by atoms with Crippen LogP contribution in [0.5, 0.6) is 0 Å². The summed E-state index contributed by atoms with van der Waals surface area (Å²) in [5.41, 5.74) is 0. The van der Waals surface area contributed by atoms with Crippen LogP contribution < -0.4 is 5.32 Å². The first-order valence-corrected chi connectivity index (χ1v) is 8.71. The topological polar surface area (TPSA) is 38.3 Å². The average Bonchev–Trinajstić information content (AvgIpc) is 2.42. The smallest absolute Gasteiger partial charge is 0.220 e. The molecule has 1 unspecified atom stereocenters. The molecule has 0 aliphatic rings. The standard InChI is InChI=1S/C15H30BrNO2/c1-3-4-5-6-7-8-9-10-15(18)17-14(13-16)11-12-19-2/h14H,3-13H2,1-2H3,(H,17,18). The number of methoxy groups -OCH3 is 1. The molecule has 0 aliphatic heterocycles. The van der Waals surface area contributed by atoms with E-state index in [1.807, 2.05) is 0 Å². The number of hydrogen-bond acceptors (Lipinski definition) is 2. The number of carbonyl (C=O) groups excluding carboxylic acids is 1. The van der Waals surface area contributed by atoms with Crippen molar-refractivity contribution in [2.75, 3.05) is 19.0 Å². The third-order valence-electron chi connectivity index (χ3n) is 3.23. The van der Waals surface area contributed by atoms with Crippen LogP contribution in [0, 0.1) is 0 Å². The quantitative estimate of drug-likeness (QED) is 0.407. The number of alkyl halides is 1. The lowest BCUT2D eigenvalue weighted by molar-refractivity contribution is -0.121. The molecule has 1 N–H and O–H groups in total. The van der Waals surface area contributed by atoms with Crippen molar-refractivity contribution in [3.05, 3.63) is 0 Å². The first-order chi connectivity index (χ1) is 9.24. The van der Waals surface area contributed by atoms with E-state index in [0.29, 0.717) is 13.0 Å². The second-order valence-electron chi connectivity index (χ2n) is 5.07. The lowest BCUT2D eigenvalue weighted by Crippen LogP contribution is -2.36. The van der Waals surface area contributed by atoms with Gasteiger partial charge in [0.2, 0.25) is 5.91 Å². The van der Waals surface area contributed by atoms with Gasteiger partial charge in [-0.3, -0.25) is 4.79 Å². The average molecular weight is 336 g/mol. The molecule has 0 aliphatic carbocycles. The molecule has 1 atom stereocenters. The van der Waals surface area contributed by atoms with Gasteiger partial charge in [0.05, 0.1) is 0 Å². The zero-order valence-electron chi connectivity index (χ0n) is 12.5. The van der Waals surface area contributed by atoms with Crippen LogP contribution in [-0.2, 0) is 9.53 Å². The van der Waals surface area contributed by atoms with E-state index < -0.39 is 0 Å². The molecule has 114 valence electrons. The number of rotatable bonds is 13. The van der Waals surface area contributed by atoms with Gasteiger partial charge in [0, 0.05) is 31.5 Å². The summed E-state index contributed by atoms with van der Waals surface area (Å²) in [6.07, 6.45) is 10.3. The maximum atomic E-state index is 11.7. The normalized spacial score (nSPS) is 12.4. The van der Waals surface area contributed by atoms with Crippen LogP contribution in [-0.4, -0.2) is 31.0 Å². The minimum atomic E-state index is 0.175. The Morgan fingerprint density at radius 3 is 2.37 bits per heavy atom.